The smallest absolute Gasteiger partial charge is 0.234 e. The van der Waals surface area contributed by atoms with Crippen LogP contribution >= 0.6 is 12.4 Å². The van der Waals surface area contributed by atoms with Crippen molar-refractivity contribution in [2.75, 3.05) is 20.1 Å². The lowest BCUT2D eigenvalue weighted by Crippen LogP contribution is -2.34. The molecule has 1 rings (SSSR count). The molecule has 1 atom stereocenters. The number of halogens is 1. The Kier molecular flexibility index (Phi) is 7.54. The third-order valence-electron chi connectivity index (χ3n) is 2.38. The number of carbonyl (C=O) groups is 1. The van der Waals surface area contributed by atoms with Crippen LogP contribution in [-0.4, -0.2) is 31.2 Å². The van der Waals surface area contributed by atoms with Gasteiger partial charge in [0, 0.05) is 6.54 Å². The fourth-order valence-electron chi connectivity index (χ4n) is 1.50. The van der Waals surface area contributed by atoms with Crippen LogP contribution in [0.5, 0.6) is 0 Å². The van der Waals surface area contributed by atoms with E-state index in [1.807, 2.05) is 31.2 Å². The number of carbonyl (C=O) groups excluding carboxylic acids is 1. The quantitative estimate of drug-likeness (QED) is 0.732. The van der Waals surface area contributed by atoms with E-state index in [1.54, 1.807) is 7.05 Å². The lowest BCUT2D eigenvalue weighted by molar-refractivity contribution is -0.120. The zero-order valence-electron chi connectivity index (χ0n) is 10.1. The van der Waals surface area contributed by atoms with Crippen molar-refractivity contribution >= 4 is 18.3 Å². The third kappa shape index (κ3) is 5.17. The highest BCUT2D eigenvalue weighted by molar-refractivity contribution is 5.85. The topological polar surface area (TPSA) is 61.4 Å². The predicted octanol–water partition coefficient (Wildman–Crippen LogP) is 0.786. The van der Waals surface area contributed by atoms with E-state index in [0.29, 0.717) is 0 Å². The molecule has 17 heavy (non-hydrogen) atoms. The minimum absolute atomic E-state index is 0. The summed E-state index contributed by atoms with van der Waals surface area (Å²) in [6.07, 6.45) is -0.651. The standard InChI is InChI=1S/C12H18N2O2.ClH/c1-9-5-3-4-6-10(9)11(15)7-14-12(16)8-13-2;/h3-6,11,13,15H,7-8H2,1-2H3,(H,14,16);1H. The average molecular weight is 259 g/mol. The Balaban J connectivity index is 0.00000256. The highest BCUT2D eigenvalue weighted by Gasteiger charge is 2.10. The Bertz CT molecular complexity index is 358. The molecule has 0 radical (unpaired) electrons. The Morgan fingerprint density at radius 2 is 2.06 bits per heavy atom. The SMILES string of the molecule is CNCC(=O)NCC(O)c1ccccc1C.Cl. The summed E-state index contributed by atoms with van der Waals surface area (Å²) in [5.74, 6) is -0.116. The number of aliphatic hydroxyl groups is 1. The second-order valence-corrected chi connectivity index (χ2v) is 3.71. The first kappa shape index (κ1) is 15.9. The molecule has 0 saturated heterocycles. The summed E-state index contributed by atoms with van der Waals surface area (Å²) in [5, 5.41) is 15.3. The minimum atomic E-state index is -0.651. The first-order valence-corrected chi connectivity index (χ1v) is 5.30. The molecule has 4 nitrogen and oxygen atoms in total. The van der Waals surface area contributed by atoms with Gasteiger partial charge in [-0.25, -0.2) is 0 Å². The van der Waals surface area contributed by atoms with E-state index in [1.165, 1.54) is 0 Å². The minimum Gasteiger partial charge on any atom is -0.387 e. The number of amides is 1. The summed E-state index contributed by atoms with van der Waals surface area (Å²) < 4.78 is 0. The largest absolute Gasteiger partial charge is 0.387 e. The van der Waals surface area contributed by atoms with Crippen LogP contribution < -0.4 is 10.6 Å². The first-order valence-electron chi connectivity index (χ1n) is 5.30. The Hall–Kier alpha value is -1.10. The van der Waals surface area contributed by atoms with Gasteiger partial charge < -0.3 is 15.7 Å². The molecular weight excluding hydrogens is 240 g/mol. The Morgan fingerprint density at radius 3 is 2.65 bits per heavy atom. The summed E-state index contributed by atoms with van der Waals surface area (Å²) in [5.41, 5.74) is 1.88. The molecule has 0 spiro atoms. The molecule has 0 aromatic heterocycles. The normalized spacial score (nSPS) is 11.5. The van der Waals surface area contributed by atoms with Crippen LogP contribution in [0, 0.1) is 6.92 Å². The van der Waals surface area contributed by atoms with Crippen molar-refractivity contribution in [3.05, 3.63) is 35.4 Å². The van der Waals surface area contributed by atoms with E-state index in [0.717, 1.165) is 11.1 Å². The van der Waals surface area contributed by atoms with Crippen molar-refractivity contribution in [1.82, 2.24) is 10.6 Å². The van der Waals surface area contributed by atoms with Crippen LogP contribution in [0.3, 0.4) is 0 Å². The van der Waals surface area contributed by atoms with E-state index in [9.17, 15) is 9.90 Å². The summed E-state index contributed by atoms with van der Waals surface area (Å²) in [7, 11) is 1.71. The van der Waals surface area contributed by atoms with Crippen molar-refractivity contribution in [2.45, 2.75) is 13.0 Å². The third-order valence-corrected chi connectivity index (χ3v) is 2.38. The molecule has 1 aromatic carbocycles. The molecule has 96 valence electrons. The summed E-state index contributed by atoms with van der Waals surface area (Å²) in [6, 6.07) is 7.60. The van der Waals surface area contributed by atoms with E-state index in [4.69, 9.17) is 0 Å². The monoisotopic (exact) mass is 258 g/mol. The van der Waals surface area contributed by atoms with E-state index in [-0.39, 0.29) is 31.4 Å². The van der Waals surface area contributed by atoms with Crippen molar-refractivity contribution in [2.24, 2.45) is 0 Å². The summed E-state index contributed by atoms with van der Waals surface area (Å²) in [6.45, 7) is 2.44. The van der Waals surface area contributed by atoms with Crippen molar-refractivity contribution in [3.63, 3.8) is 0 Å². The molecular formula is C12H19ClN2O2. The van der Waals surface area contributed by atoms with E-state index in [2.05, 4.69) is 10.6 Å². The first-order chi connectivity index (χ1) is 7.65. The molecule has 0 fully saturated rings. The molecule has 0 aliphatic carbocycles. The molecule has 0 aliphatic heterocycles. The predicted molar refractivity (Wildman–Crippen MR) is 70.3 cm³/mol. The Morgan fingerprint density at radius 1 is 1.41 bits per heavy atom. The van der Waals surface area contributed by atoms with Gasteiger partial charge in [-0.15, -0.1) is 12.4 Å². The molecule has 5 heteroatoms. The number of likely N-dealkylation sites (N-methyl/N-ethyl adjacent to an activating group) is 1. The van der Waals surface area contributed by atoms with Crippen LogP contribution in [0.25, 0.3) is 0 Å². The van der Waals surface area contributed by atoms with Gasteiger partial charge in [-0.05, 0) is 25.1 Å². The number of rotatable bonds is 5. The molecule has 0 bridgehead atoms. The zero-order chi connectivity index (χ0) is 12.0. The number of aliphatic hydroxyl groups excluding tert-OH is 1. The van der Waals surface area contributed by atoms with Crippen LogP contribution in [0.15, 0.2) is 24.3 Å². The maximum absolute atomic E-state index is 11.2. The Labute approximate surface area is 108 Å². The van der Waals surface area contributed by atoms with Gasteiger partial charge in [-0.2, -0.15) is 0 Å². The molecule has 1 unspecified atom stereocenters. The molecule has 1 aromatic rings. The summed E-state index contributed by atoms with van der Waals surface area (Å²) in [4.78, 5) is 11.2. The van der Waals surface area contributed by atoms with Crippen LogP contribution in [0.2, 0.25) is 0 Å². The number of hydrogen-bond acceptors (Lipinski definition) is 3. The lowest BCUT2D eigenvalue weighted by atomic mass is 10.0. The lowest BCUT2D eigenvalue weighted by Gasteiger charge is -2.14. The maximum atomic E-state index is 11.2. The second kappa shape index (κ2) is 8.06. The van der Waals surface area contributed by atoms with Gasteiger partial charge in [0.1, 0.15) is 0 Å². The van der Waals surface area contributed by atoms with Crippen molar-refractivity contribution in [1.29, 1.82) is 0 Å². The average Bonchev–Trinajstić information content (AvgIpc) is 2.27. The van der Waals surface area contributed by atoms with E-state index >= 15 is 0 Å². The molecule has 3 N–H and O–H groups in total. The summed E-state index contributed by atoms with van der Waals surface area (Å²) >= 11 is 0. The second-order valence-electron chi connectivity index (χ2n) is 3.71. The fraction of sp³-hybridized carbons (Fsp3) is 0.417. The van der Waals surface area contributed by atoms with Gasteiger partial charge in [0.2, 0.25) is 5.91 Å². The van der Waals surface area contributed by atoms with Crippen LogP contribution in [0.1, 0.15) is 17.2 Å². The van der Waals surface area contributed by atoms with Crippen molar-refractivity contribution in [3.8, 4) is 0 Å². The van der Waals surface area contributed by atoms with Gasteiger partial charge in [-0.3, -0.25) is 4.79 Å². The van der Waals surface area contributed by atoms with Gasteiger partial charge in [0.15, 0.2) is 0 Å². The van der Waals surface area contributed by atoms with E-state index < -0.39 is 6.10 Å². The van der Waals surface area contributed by atoms with Gasteiger partial charge in [0.05, 0.1) is 12.6 Å². The molecule has 0 aliphatic rings. The highest BCUT2D eigenvalue weighted by Crippen LogP contribution is 2.15. The van der Waals surface area contributed by atoms with Crippen molar-refractivity contribution < 1.29 is 9.90 Å². The molecule has 0 heterocycles. The molecule has 1 amide bonds. The highest BCUT2D eigenvalue weighted by atomic mass is 35.5. The number of aryl methyl sites for hydroxylation is 1. The maximum Gasteiger partial charge on any atom is 0.234 e. The molecule has 0 saturated carbocycles. The number of hydrogen-bond donors (Lipinski definition) is 3. The van der Waals surface area contributed by atoms with Gasteiger partial charge in [0.25, 0.3) is 0 Å². The van der Waals surface area contributed by atoms with Crippen LogP contribution in [0.4, 0.5) is 0 Å². The van der Waals surface area contributed by atoms with Gasteiger partial charge in [-0.1, -0.05) is 24.3 Å². The fourth-order valence-corrected chi connectivity index (χ4v) is 1.50. The zero-order valence-corrected chi connectivity index (χ0v) is 10.9. The van der Waals surface area contributed by atoms with Gasteiger partial charge >= 0.3 is 0 Å². The van der Waals surface area contributed by atoms with Crippen LogP contribution in [-0.2, 0) is 4.79 Å². The number of benzene rings is 1. The number of nitrogens with one attached hydrogen (secondary N) is 2.